The van der Waals surface area contributed by atoms with Crippen LogP contribution >= 0.6 is 0 Å². The molecule has 0 bridgehead atoms. The van der Waals surface area contributed by atoms with Crippen molar-refractivity contribution in [3.05, 3.63) is 71.7 Å². The number of nitrogens with zero attached hydrogens (tertiary/aromatic N) is 4. The highest BCUT2D eigenvalue weighted by molar-refractivity contribution is 5.93. The number of aliphatic hydroxyl groups excluding tert-OH is 1. The number of likely N-dealkylation sites (tertiary alicyclic amines) is 1. The molecule has 2 aliphatic heterocycles. The molecular weight excluding hydrogens is 512 g/mol. The fourth-order valence-electron chi connectivity index (χ4n) is 5.18. The highest BCUT2D eigenvalue weighted by atomic mass is 16.5. The van der Waals surface area contributed by atoms with Gasteiger partial charge in [-0.3, -0.25) is 19.5 Å². The SMILES string of the molecule is CC(=O)N1CCC(Nc2ccnc(C(=O)NCC(O)CN3CCc4cc(OCc5cnco5)ccc4C3)c2)CC1. The lowest BCUT2D eigenvalue weighted by molar-refractivity contribution is -0.129. The van der Waals surface area contributed by atoms with Crippen LogP contribution in [0.4, 0.5) is 5.69 Å². The summed E-state index contributed by atoms with van der Waals surface area (Å²) in [6.07, 6.45) is 6.49. The summed E-state index contributed by atoms with van der Waals surface area (Å²) >= 11 is 0. The fraction of sp³-hybridized carbons (Fsp3) is 0.448. The quantitative estimate of drug-likeness (QED) is 0.349. The molecule has 1 atom stereocenters. The molecule has 5 rings (SSSR count). The van der Waals surface area contributed by atoms with Crippen molar-refractivity contribution in [3.63, 3.8) is 0 Å². The molecule has 3 aromatic rings. The van der Waals surface area contributed by atoms with Crippen molar-refractivity contribution >= 4 is 17.5 Å². The number of β-amino-alcohol motifs (C(OH)–C–C–N with tert-alkyl or cyclic N) is 1. The van der Waals surface area contributed by atoms with Gasteiger partial charge in [-0.2, -0.15) is 0 Å². The molecule has 11 nitrogen and oxygen atoms in total. The van der Waals surface area contributed by atoms with E-state index in [0.717, 1.165) is 56.9 Å². The van der Waals surface area contributed by atoms with E-state index < -0.39 is 6.10 Å². The van der Waals surface area contributed by atoms with Crippen LogP contribution in [0.5, 0.6) is 5.75 Å². The molecule has 2 aromatic heterocycles. The Morgan fingerprint density at radius 1 is 1.18 bits per heavy atom. The third-order valence-corrected chi connectivity index (χ3v) is 7.40. The van der Waals surface area contributed by atoms with Crippen LogP contribution < -0.4 is 15.4 Å². The second kappa shape index (κ2) is 12.9. The topological polar surface area (TPSA) is 133 Å². The number of rotatable bonds is 10. The lowest BCUT2D eigenvalue weighted by atomic mass is 9.99. The Hall–Kier alpha value is -3.96. The number of carbonyl (C=O) groups excluding carboxylic acids is 2. The number of nitrogens with one attached hydrogen (secondary N) is 2. The first-order chi connectivity index (χ1) is 19.4. The molecule has 2 amide bonds. The lowest BCUT2D eigenvalue weighted by Crippen LogP contribution is -2.42. The van der Waals surface area contributed by atoms with E-state index in [2.05, 4.69) is 37.6 Å². The molecule has 1 saturated heterocycles. The van der Waals surface area contributed by atoms with Crippen LogP contribution in [-0.2, 0) is 24.4 Å². The van der Waals surface area contributed by atoms with E-state index in [0.29, 0.717) is 24.6 Å². The number of hydrogen-bond acceptors (Lipinski definition) is 9. The average Bonchev–Trinajstić information content (AvgIpc) is 3.49. The maximum atomic E-state index is 12.7. The summed E-state index contributed by atoms with van der Waals surface area (Å²) in [5.74, 6) is 1.25. The van der Waals surface area contributed by atoms with E-state index >= 15 is 0 Å². The molecule has 0 saturated carbocycles. The van der Waals surface area contributed by atoms with Crippen molar-refractivity contribution in [2.24, 2.45) is 0 Å². The molecule has 212 valence electrons. The van der Waals surface area contributed by atoms with E-state index in [-0.39, 0.29) is 24.4 Å². The summed E-state index contributed by atoms with van der Waals surface area (Å²) in [5, 5.41) is 16.9. The van der Waals surface area contributed by atoms with Crippen LogP contribution in [0, 0.1) is 0 Å². The number of aliphatic hydroxyl groups is 1. The smallest absolute Gasteiger partial charge is 0.270 e. The van der Waals surface area contributed by atoms with Gasteiger partial charge in [-0.15, -0.1) is 0 Å². The largest absolute Gasteiger partial charge is 0.486 e. The minimum absolute atomic E-state index is 0.105. The van der Waals surface area contributed by atoms with Crippen molar-refractivity contribution in [1.29, 1.82) is 0 Å². The number of benzene rings is 1. The van der Waals surface area contributed by atoms with E-state index in [4.69, 9.17) is 9.15 Å². The Morgan fingerprint density at radius 3 is 2.80 bits per heavy atom. The maximum Gasteiger partial charge on any atom is 0.270 e. The Bertz CT molecular complexity index is 1290. The van der Waals surface area contributed by atoms with Crippen molar-refractivity contribution in [1.82, 2.24) is 25.1 Å². The zero-order chi connectivity index (χ0) is 27.9. The highest BCUT2D eigenvalue weighted by Crippen LogP contribution is 2.25. The minimum Gasteiger partial charge on any atom is -0.486 e. The third kappa shape index (κ3) is 7.36. The van der Waals surface area contributed by atoms with Gasteiger partial charge < -0.3 is 29.8 Å². The second-order valence-electron chi connectivity index (χ2n) is 10.4. The van der Waals surface area contributed by atoms with Gasteiger partial charge >= 0.3 is 0 Å². The molecule has 11 heteroatoms. The number of ether oxygens (including phenoxy) is 1. The van der Waals surface area contributed by atoms with Gasteiger partial charge in [0, 0.05) is 64.1 Å². The molecule has 4 heterocycles. The van der Waals surface area contributed by atoms with Crippen LogP contribution in [0.15, 0.2) is 53.5 Å². The monoisotopic (exact) mass is 548 g/mol. The van der Waals surface area contributed by atoms with Crippen LogP contribution in [0.25, 0.3) is 0 Å². The van der Waals surface area contributed by atoms with Gasteiger partial charge in [0.15, 0.2) is 12.2 Å². The first-order valence-electron chi connectivity index (χ1n) is 13.7. The van der Waals surface area contributed by atoms with Gasteiger partial charge in [0.2, 0.25) is 5.91 Å². The normalized spacial score (nSPS) is 16.7. The molecule has 1 fully saturated rings. The average molecular weight is 549 g/mol. The Balaban J connectivity index is 1.05. The number of hydrogen-bond donors (Lipinski definition) is 3. The number of carbonyl (C=O) groups is 2. The van der Waals surface area contributed by atoms with E-state index in [1.807, 2.05) is 17.0 Å². The first-order valence-corrected chi connectivity index (χ1v) is 13.7. The number of aromatic nitrogens is 2. The molecular formula is C29H36N6O5. The lowest BCUT2D eigenvalue weighted by Gasteiger charge is -2.32. The number of amides is 2. The van der Waals surface area contributed by atoms with Crippen LogP contribution in [-0.4, -0.2) is 81.6 Å². The summed E-state index contributed by atoms with van der Waals surface area (Å²) in [4.78, 5) is 36.4. The summed E-state index contributed by atoms with van der Waals surface area (Å²) in [5.41, 5.74) is 3.56. The molecule has 2 aliphatic rings. The Kier molecular flexibility index (Phi) is 8.92. The number of piperidine rings is 1. The summed E-state index contributed by atoms with van der Waals surface area (Å²) in [6, 6.07) is 9.87. The first kappa shape index (κ1) is 27.6. The van der Waals surface area contributed by atoms with Crippen LogP contribution in [0.1, 0.15) is 47.1 Å². The standard InChI is InChI=1S/C29H36N6O5/c1-20(36)35-10-6-23(7-11-35)33-24-4-8-31-28(13-24)29(38)32-14-25(37)17-34-9-5-21-12-26(3-2-22(21)16-34)39-18-27-15-30-19-40-27/h2-4,8,12-13,15,19,23,25,37H,5-7,9-11,14,16-18H2,1H3,(H,31,33)(H,32,38). The van der Waals surface area contributed by atoms with E-state index in [9.17, 15) is 14.7 Å². The zero-order valence-electron chi connectivity index (χ0n) is 22.7. The van der Waals surface area contributed by atoms with E-state index in [1.165, 1.54) is 17.5 Å². The molecule has 0 spiro atoms. The Labute approximate surface area is 233 Å². The fourth-order valence-corrected chi connectivity index (χ4v) is 5.18. The maximum absolute atomic E-state index is 12.7. The minimum atomic E-state index is -0.706. The van der Waals surface area contributed by atoms with Crippen LogP contribution in [0.2, 0.25) is 0 Å². The highest BCUT2D eigenvalue weighted by Gasteiger charge is 2.22. The second-order valence-corrected chi connectivity index (χ2v) is 10.4. The van der Waals surface area contributed by atoms with Crippen molar-refractivity contribution < 1.29 is 23.8 Å². The number of oxazole rings is 1. The van der Waals surface area contributed by atoms with Crippen LogP contribution in [0.3, 0.4) is 0 Å². The van der Waals surface area contributed by atoms with Gasteiger partial charge in [-0.1, -0.05) is 6.07 Å². The van der Waals surface area contributed by atoms with Crippen molar-refractivity contribution in [2.45, 2.75) is 51.5 Å². The molecule has 0 radical (unpaired) electrons. The predicted molar refractivity (Wildman–Crippen MR) is 148 cm³/mol. The number of anilines is 1. The third-order valence-electron chi connectivity index (χ3n) is 7.40. The Morgan fingerprint density at radius 2 is 2.02 bits per heavy atom. The summed E-state index contributed by atoms with van der Waals surface area (Å²) in [7, 11) is 0. The van der Waals surface area contributed by atoms with Crippen molar-refractivity contribution in [2.75, 3.05) is 38.0 Å². The van der Waals surface area contributed by atoms with Gasteiger partial charge in [0.05, 0.1) is 12.3 Å². The van der Waals surface area contributed by atoms with Crippen molar-refractivity contribution in [3.8, 4) is 5.75 Å². The molecule has 40 heavy (non-hydrogen) atoms. The van der Waals surface area contributed by atoms with Gasteiger partial charge in [0.1, 0.15) is 18.1 Å². The van der Waals surface area contributed by atoms with Gasteiger partial charge in [-0.25, -0.2) is 4.98 Å². The van der Waals surface area contributed by atoms with Gasteiger partial charge in [0.25, 0.3) is 5.91 Å². The molecule has 0 aliphatic carbocycles. The number of pyridine rings is 1. The number of fused-ring (bicyclic) bond motifs is 1. The molecule has 1 unspecified atom stereocenters. The zero-order valence-corrected chi connectivity index (χ0v) is 22.7. The predicted octanol–water partition coefficient (Wildman–Crippen LogP) is 2.22. The summed E-state index contributed by atoms with van der Waals surface area (Å²) in [6.45, 7) is 5.52. The molecule has 1 aromatic carbocycles. The molecule has 3 N–H and O–H groups in total. The van der Waals surface area contributed by atoms with E-state index in [1.54, 1.807) is 25.4 Å². The van der Waals surface area contributed by atoms with Gasteiger partial charge in [-0.05, 0) is 54.7 Å². The summed E-state index contributed by atoms with van der Waals surface area (Å²) < 4.78 is 11.0.